The van der Waals surface area contributed by atoms with Gasteiger partial charge in [0.2, 0.25) is 0 Å². The number of rotatable bonds is 4. The van der Waals surface area contributed by atoms with E-state index in [2.05, 4.69) is 31.2 Å². The molecule has 0 spiro atoms. The van der Waals surface area contributed by atoms with Gasteiger partial charge in [-0.15, -0.1) is 0 Å². The summed E-state index contributed by atoms with van der Waals surface area (Å²) in [7, 11) is 0. The lowest BCUT2D eigenvalue weighted by atomic mass is 10.1. The van der Waals surface area contributed by atoms with Crippen molar-refractivity contribution < 1.29 is 4.39 Å². The quantitative estimate of drug-likeness (QED) is 0.908. The van der Waals surface area contributed by atoms with E-state index in [1.54, 1.807) is 12.1 Å². The lowest BCUT2D eigenvalue weighted by molar-refractivity contribution is 0.627. The van der Waals surface area contributed by atoms with E-state index in [1.165, 1.54) is 17.3 Å². The molecular formula is C16H22FN3. The molecule has 20 heavy (non-hydrogen) atoms. The molecule has 0 fully saturated rings. The van der Waals surface area contributed by atoms with Crippen molar-refractivity contribution in [2.24, 2.45) is 0 Å². The fourth-order valence-electron chi connectivity index (χ4n) is 2.70. The van der Waals surface area contributed by atoms with Gasteiger partial charge in [0.05, 0.1) is 11.7 Å². The number of anilines is 1. The largest absolute Gasteiger partial charge is 0.378 e. The highest BCUT2D eigenvalue weighted by atomic mass is 19.1. The highest BCUT2D eigenvalue weighted by Crippen LogP contribution is 2.27. The molecule has 0 bridgehead atoms. The maximum absolute atomic E-state index is 13.4. The van der Waals surface area contributed by atoms with Crippen LogP contribution >= 0.6 is 0 Å². The van der Waals surface area contributed by atoms with E-state index >= 15 is 0 Å². The van der Waals surface area contributed by atoms with Crippen LogP contribution < -0.4 is 5.32 Å². The standard InChI is InChI=1S/C16H22FN3/c1-6-20-13(5)16(12(4)19-20)11(3)18-15-9-14(17)8-7-10(15)2/h7-9,11,18H,6H2,1-5H3. The molecule has 1 atom stereocenters. The Kier molecular flexibility index (Phi) is 4.12. The minimum absolute atomic E-state index is 0.0933. The van der Waals surface area contributed by atoms with Gasteiger partial charge < -0.3 is 5.32 Å². The van der Waals surface area contributed by atoms with Crippen molar-refractivity contribution in [2.75, 3.05) is 5.32 Å². The summed E-state index contributed by atoms with van der Waals surface area (Å²) >= 11 is 0. The Balaban J connectivity index is 2.30. The predicted octanol–water partition coefficient (Wildman–Crippen LogP) is 4.14. The molecule has 1 heterocycles. The summed E-state index contributed by atoms with van der Waals surface area (Å²) in [6, 6.07) is 4.91. The second-order valence-electron chi connectivity index (χ2n) is 5.23. The van der Waals surface area contributed by atoms with Gasteiger partial charge in [-0.1, -0.05) is 6.07 Å². The van der Waals surface area contributed by atoms with Crippen molar-refractivity contribution in [3.63, 3.8) is 0 Å². The third-order valence-electron chi connectivity index (χ3n) is 3.74. The second-order valence-corrected chi connectivity index (χ2v) is 5.23. The van der Waals surface area contributed by atoms with Crippen molar-refractivity contribution in [3.8, 4) is 0 Å². The summed E-state index contributed by atoms with van der Waals surface area (Å²) in [6.07, 6.45) is 0. The fraction of sp³-hybridized carbons (Fsp3) is 0.438. The number of nitrogens with one attached hydrogen (secondary N) is 1. The molecule has 1 N–H and O–H groups in total. The lowest BCUT2D eigenvalue weighted by Gasteiger charge is -2.18. The molecular weight excluding hydrogens is 253 g/mol. The van der Waals surface area contributed by atoms with E-state index < -0.39 is 0 Å². The molecule has 0 aliphatic heterocycles. The van der Waals surface area contributed by atoms with E-state index in [1.807, 2.05) is 18.5 Å². The van der Waals surface area contributed by atoms with E-state index in [4.69, 9.17) is 0 Å². The van der Waals surface area contributed by atoms with Crippen LogP contribution in [0.3, 0.4) is 0 Å². The van der Waals surface area contributed by atoms with Gasteiger partial charge in [-0.2, -0.15) is 5.10 Å². The number of aromatic nitrogens is 2. The van der Waals surface area contributed by atoms with Crippen molar-refractivity contribution in [2.45, 2.75) is 47.2 Å². The van der Waals surface area contributed by atoms with Crippen LogP contribution in [0.15, 0.2) is 18.2 Å². The number of hydrogen-bond acceptors (Lipinski definition) is 2. The molecule has 1 aromatic heterocycles. The summed E-state index contributed by atoms with van der Waals surface area (Å²) in [4.78, 5) is 0. The summed E-state index contributed by atoms with van der Waals surface area (Å²) < 4.78 is 15.4. The minimum atomic E-state index is -0.219. The number of nitrogens with zero attached hydrogens (tertiary/aromatic N) is 2. The molecule has 2 aromatic rings. The van der Waals surface area contributed by atoms with Crippen LogP contribution in [-0.4, -0.2) is 9.78 Å². The Morgan fingerprint density at radius 1 is 1.30 bits per heavy atom. The summed E-state index contributed by atoms with van der Waals surface area (Å²) in [6.45, 7) is 11.1. The first-order valence-electron chi connectivity index (χ1n) is 7.00. The molecule has 0 aliphatic rings. The number of benzene rings is 1. The van der Waals surface area contributed by atoms with E-state index in [0.29, 0.717) is 0 Å². The van der Waals surface area contributed by atoms with Gasteiger partial charge in [0.1, 0.15) is 5.82 Å². The van der Waals surface area contributed by atoms with Gasteiger partial charge in [0.15, 0.2) is 0 Å². The monoisotopic (exact) mass is 275 g/mol. The molecule has 0 amide bonds. The van der Waals surface area contributed by atoms with Crippen LogP contribution in [0.5, 0.6) is 0 Å². The van der Waals surface area contributed by atoms with Crippen LogP contribution in [0, 0.1) is 26.6 Å². The molecule has 3 nitrogen and oxygen atoms in total. The first-order chi connectivity index (χ1) is 9.43. The zero-order valence-electron chi connectivity index (χ0n) is 12.8. The maximum Gasteiger partial charge on any atom is 0.125 e. The van der Waals surface area contributed by atoms with Crippen LogP contribution in [0.2, 0.25) is 0 Å². The van der Waals surface area contributed by atoms with Crippen LogP contribution in [0.1, 0.15) is 42.4 Å². The zero-order valence-corrected chi connectivity index (χ0v) is 12.8. The minimum Gasteiger partial charge on any atom is -0.378 e. The lowest BCUT2D eigenvalue weighted by Crippen LogP contribution is -2.10. The first-order valence-corrected chi connectivity index (χ1v) is 7.00. The molecule has 1 aromatic carbocycles. The summed E-state index contributed by atoms with van der Waals surface area (Å²) in [5, 5.41) is 7.93. The third-order valence-corrected chi connectivity index (χ3v) is 3.74. The first kappa shape index (κ1) is 14.6. The number of hydrogen-bond donors (Lipinski definition) is 1. The molecule has 1 unspecified atom stereocenters. The Morgan fingerprint density at radius 3 is 2.60 bits per heavy atom. The highest BCUT2D eigenvalue weighted by molar-refractivity contribution is 5.52. The van der Waals surface area contributed by atoms with Crippen molar-refractivity contribution in [1.29, 1.82) is 0 Å². The summed E-state index contributed by atoms with van der Waals surface area (Å²) in [5.74, 6) is -0.219. The fourth-order valence-corrected chi connectivity index (χ4v) is 2.70. The van der Waals surface area contributed by atoms with Gasteiger partial charge in [-0.25, -0.2) is 4.39 Å². The molecule has 0 saturated heterocycles. The Bertz CT molecular complexity index is 616. The average molecular weight is 275 g/mol. The van der Waals surface area contributed by atoms with Crippen molar-refractivity contribution in [3.05, 3.63) is 46.5 Å². The van der Waals surface area contributed by atoms with Crippen LogP contribution in [0.25, 0.3) is 0 Å². The van der Waals surface area contributed by atoms with Gasteiger partial charge in [-0.05, 0) is 52.3 Å². The van der Waals surface area contributed by atoms with Crippen LogP contribution in [0.4, 0.5) is 10.1 Å². The predicted molar refractivity (Wildman–Crippen MR) is 80.5 cm³/mol. The number of halogens is 1. The van der Waals surface area contributed by atoms with Gasteiger partial charge in [0.25, 0.3) is 0 Å². The van der Waals surface area contributed by atoms with Gasteiger partial charge in [0, 0.05) is 23.5 Å². The zero-order chi connectivity index (χ0) is 14.9. The topological polar surface area (TPSA) is 29.9 Å². The van der Waals surface area contributed by atoms with Crippen LogP contribution in [-0.2, 0) is 6.54 Å². The molecule has 0 saturated carbocycles. The Labute approximate surface area is 119 Å². The van der Waals surface area contributed by atoms with Gasteiger partial charge >= 0.3 is 0 Å². The Hall–Kier alpha value is -1.84. The normalized spacial score (nSPS) is 12.5. The highest BCUT2D eigenvalue weighted by Gasteiger charge is 2.17. The van der Waals surface area contributed by atoms with Gasteiger partial charge in [-0.3, -0.25) is 4.68 Å². The molecule has 0 aliphatic carbocycles. The van der Waals surface area contributed by atoms with Crippen molar-refractivity contribution in [1.82, 2.24) is 9.78 Å². The number of aryl methyl sites for hydroxylation is 3. The maximum atomic E-state index is 13.4. The molecule has 108 valence electrons. The van der Waals surface area contributed by atoms with E-state index in [-0.39, 0.29) is 11.9 Å². The van der Waals surface area contributed by atoms with E-state index in [9.17, 15) is 4.39 Å². The molecule has 0 radical (unpaired) electrons. The Morgan fingerprint density at radius 2 is 2.00 bits per heavy atom. The summed E-state index contributed by atoms with van der Waals surface area (Å²) in [5.41, 5.74) is 5.25. The SMILES string of the molecule is CCn1nc(C)c(C(C)Nc2cc(F)ccc2C)c1C. The van der Waals surface area contributed by atoms with E-state index in [0.717, 1.165) is 23.5 Å². The smallest absolute Gasteiger partial charge is 0.125 e. The molecule has 4 heteroatoms. The second kappa shape index (κ2) is 5.65. The third kappa shape index (κ3) is 2.69. The average Bonchev–Trinajstić information content (AvgIpc) is 2.68. The van der Waals surface area contributed by atoms with Crippen molar-refractivity contribution >= 4 is 5.69 Å². The molecule has 2 rings (SSSR count).